The van der Waals surface area contributed by atoms with Crippen molar-refractivity contribution >= 4 is 126 Å². The fourth-order valence-corrected chi connectivity index (χ4v) is 7.53. The largest absolute Gasteiger partial charge is 0.323 e. The Morgan fingerprint density at radius 1 is 0.643 bits per heavy atom. The van der Waals surface area contributed by atoms with Crippen LogP contribution in [-0.4, -0.2) is 35.4 Å². The van der Waals surface area contributed by atoms with Crippen molar-refractivity contribution in [3.05, 3.63) is 131 Å². The number of pyridine rings is 2. The number of hydrogen-bond donors (Lipinski definition) is 4. The highest BCUT2D eigenvalue weighted by Gasteiger charge is 2.19. The van der Waals surface area contributed by atoms with E-state index in [1.54, 1.807) is 67.1 Å². The Morgan fingerprint density at radius 3 is 1.39 bits per heavy atom. The monoisotopic (exact) mass is 830 g/mol. The predicted octanol–water partition coefficient (Wildman–Crippen LogP) is 11.3. The van der Waals surface area contributed by atoms with Crippen LogP contribution in [0.15, 0.2) is 76.8 Å². The van der Waals surface area contributed by atoms with Crippen LogP contribution in [0, 0.1) is 13.8 Å². The third-order valence-electron chi connectivity index (χ3n) is 9.36. The first-order valence-electron chi connectivity index (χ1n) is 16.4. The minimum atomic E-state index is -0.339. The van der Waals surface area contributed by atoms with Crippen LogP contribution in [0.3, 0.4) is 0 Å². The first-order valence-corrected chi connectivity index (χ1v) is 17.9. The summed E-state index contributed by atoms with van der Waals surface area (Å²) in [5.41, 5.74) is 5.99. The van der Waals surface area contributed by atoms with Gasteiger partial charge in [-0.2, -0.15) is 0 Å². The van der Waals surface area contributed by atoms with Crippen molar-refractivity contribution in [1.29, 1.82) is 0 Å². The van der Waals surface area contributed by atoms with Gasteiger partial charge in [0.25, 0.3) is 11.1 Å². The molecule has 4 N–H and O–H groups in total. The Labute approximate surface area is 341 Å². The summed E-state index contributed by atoms with van der Waals surface area (Å²) in [6.45, 7) is 7.52. The van der Waals surface area contributed by atoms with Gasteiger partial charge >= 0.3 is 0 Å². The Hall–Kier alpha value is -5.59. The number of aldehydes is 1. The summed E-state index contributed by atoms with van der Waals surface area (Å²) >= 11 is 25.0. The number of benzene rings is 4. The van der Waals surface area contributed by atoms with Gasteiger partial charge in [-0.1, -0.05) is 92.1 Å². The van der Waals surface area contributed by atoms with Crippen molar-refractivity contribution in [2.24, 2.45) is 14.1 Å². The molecule has 8 aromatic rings. The van der Waals surface area contributed by atoms with Crippen LogP contribution in [0.25, 0.3) is 49.7 Å². The predicted molar refractivity (Wildman–Crippen MR) is 236 cm³/mol. The molecule has 0 spiro atoms. The lowest BCUT2D eigenvalue weighted by molar-refractivity contribution is 0.111. The molecule has 288 valence electrons. The van der Waals surface area contributed by atoms with Gasteiger partial charge in [0.05, 0.1) is 70.0 Å². The van der Waals surface area contributed by atoms with E-state index in [-0.39, 0.29) is 31.7 Å². The second-order valence-electron chi connectivity index (χ2n) is 12.5. The van der Waals surface area contributed by atoms with Crippen molar-refractivity contribution in [2.75, 3.05) is 10.6 Å². The fraction of sp³-hybridized carbons (Fsp3) is 0.146. The zero-order valence-corrected chi connectivity index (χ0v) is 32.2. The number of aryl methyl sites for hydroxylation is 4. The maximum atomic E-state index is 12.7. The van der Waals surface area contributed by atoms with E-state index in [2.05, 4.69) is 37.1 Å². The Balaban J connectivity index is 0.000000207. The fourth-order valence-electron chi connectivity index (χ4n) is 6.55. The number of H-pyrrole nitrogens is 2. The number of anilines is 4. The van der Waals surface area contributed by atoms with Gasteiger partial charge in [0.2, 0.25) is 11.9 Å². The Morgan fingerprint density at radius 2 is 1.02 bits per heavy atom. The van der Waals surface area contributed by atoms with E-state index in [0.29, 0.717) is 87.9 Å². The number of aromatic nitrogens is 6. The molecule has 8 rings (SSSR count). The van der Waals surface area contributed by atoms with E-state index in [4.69, 9.17) is 46.4 Å². The lowest BCUT2D eigenvalue weighted by atomic mass is 10.0. The molecule has 56 heavy (non-hydrogen) atoms. The topological polar surface area (TPSA) is 142 Å². The summed E-state index contributed by atoms with van der Waals surface area (Å²) < 4.78 is 3.60. The standard InChI is InChI=1S/C20H16Cl2N4O.C19H14Cl2N4O2.2CH4/c1-4-14-10(2)11-8-9-15-18(16(11)19(27)23-14)26(3)20(24-15)25-17-12(21)6-5-7-13(17)22;1-9-10-6-7-13-17(15(10)18(27)22-14(9)8-26)25(2)19(23-13)24-16-11(20)4-3-5-12(16)21;;/h4-9H,1H2,2-3H3,(H,23,27)(H,24,25);3-8H,1-2H3,(H,22,27)(H,23,24);2*1H4. The minimum Gasteiger partial charge on any atom is -0.323 e. The lowest BCUT2D eigenvalue weighted by Crippen LogP contribution is -2.12. The highest BCUT2D eigenvalue weighted by Crippen LogP contribution is 2.36. The maximum Gasteiger partial charge on any atom is 0.258 e. The molecule has 0 fully saturated rings. The smallest absolute Gasteiger partial charge is 0.258 e. The van der Waals surface area contributed by atoms with E-state index in [0.717, 1.165) is 22.2 Å². The van der Waals surface area contributed by atoms with Gasteiger partial charge in [-0.05, 0) is 78.2 Å². The van der Waals surface area contributed by atoms with Crippen molar-refractivity contribution < 1.29 is 4.79 Å². The van der Waals surface area contributed by atoms with E-state index < -0.39 is 0 Å². The molecule has 4 aromatic heterocycles. The van der Waals surface area contributed by atoms with Crippen LogP contribution < -0.4 is 21.8 Å². The molecule has 0 saturated heterocycles. The number of nitrogens with zero attached hydrogens (tertiary/aromatic N) is 4. The first kappa shape index (κ1) is 41.6. The molecule has 0 aliphatic heterocycles. The molecule has 0 atom stereocenters. The highest BCUT2D eigenvalue weighted by atomic mass is 35.5. The van der Waals surface area contributed by atoms with Gasteiger partial charge < -0.3 is 29.7 Å². The first-order chi connectivity index (χ1) is 25.8. The number of imidazole rings is 2. The molecule has 0 unspecified atom stereocenters. The quantitative estimate of drug-likeness (QED) is 0.122. The van der Waals surface area contributed by atoms with E-state index in [9.17, 15) is 14.4 Å². The second-order valence-corrected chi connectivity index (χ2v) is 14.1. The number of aromatic amines is 2. The van der Waals surface area contributed by atoms with Gasteiger partial charge in [-0.25, -0.2) is 9.97 Å². The number of halogens is 4. The third-order valence-corrected chi connectivity index (χ3v) is 10.6. The number of hydrogen-bond acceptors (Lipinski definition) is 7. The van der Waals surface area contributed by atoms with Crippen molar-refractivity contribution in [2.45, 2.75) is 28.7 Å². The molecule has 0 aliphatic rings. The van der Waals surface area contributed by atoms with Crippen LogP contribution in [0.1, 0.15) is 42.2 Å². The van der Waals surface area contributed by atoms with Gasteiger partial charge in [0, 0.05) is 19.8 Å². The van der Waals surface area contributed by atoms with E-state index >= 15 is 0 Å². The molecule has 0 bridgehead atoms. The van der Waals surface area contributed by atoms with Crippen LogP contribution in [0.4, 0.5) is 23.3 Å². The second kappa shape index (κ2) is 16.3. The maximum absolute atomic E-state index is 12.7. The molecule has 0 radical (unpaired) electrons. The number of para-hydroxylation sites is 2. The van der Waals surface area contributed by atoms with Crippen molar-refractivity contribution in [3.8, 4) is 0 Å². The van der Waals surface area contributed by atoms with Crippen LogP contribution in [0.2, 0.25) is 20.1 Å². The lowest BCUT2D eigenvalue weighted by Gasteiger charge is -2.10. The van der Waals surface area contributed by atoms with E-state index in [1.165, 1.54) is 0 Å². The van der Waals surface area contributed by atoms with Crippen LogP contribution >= 0.6 is 46.4 Å². The molecule has 4 heterocycles. The van der Waals surface area contributed by atoms with Crippen molar-refractivity contribution in [1.82, 2.24) is 29.1 Å². The van der Waals surface area contributed by atoms with Crippen LogP contribution in [-0.2, 0) is 14.1 Å². The summed E-state index contributed by atoms with van der Waals surface area (Å²) in [4.78, 5) is 51.3. The molecule has 0 aliphatic carbocycles. The van der Waals surface area contributed by atoms with Gasteiger partial charge in [0.1, 0.15) is 0 Å². The summed E-state index contributed by atoms with van der Waals surface area (Å²) in [5, 5.41) is 10.9. The molecular weight excluding hydrogens is 794 g/mol. The number of carbonyl (C=O) groups is 1. The Bertz CT molecular complexity index is 2740. The number of carbonyl (C=O) groups excluding carboxylic acids is 1. The summed E-state index contributed by atoms with van der Waals surface area (Å²) in [6.07, 6.45) is 2.30. The average molecular weight is 833 g/mol. The molecule has 0 saturated carbocycles. The Kier molecular flexibility index (Phi) is 12.1. The summed E-state index contributed by atoms with van der Waals surface area (Å²) in [6, 6.07) is 17.9. The minimum absolute atomic E-state index is 0. The molecule has 15 heteroatoms. The van der Waals surface area contributed by atoms with Crippen molar-refractivity contribution in [3.63, 3.8) is 0 Å². The number of rotatable bonds is 6. The molecular formula is C41H38Cl4N8O3. The zero-order chi connectivity index (χ0) is 38.6. The molecule has 4 aromatic carbocycles. The highest BCUT2D eigenvalue weighted by molar-refractivity contribution is 6.40. The summed E-state index contributed by atoms with van der Waals surface area (Å²) in [7, 11) is 3.64. The van der Waals surface area contributed by atoms with Gasteiger partial charge in [-0.3, -0.25) is 14.4 Å². The number of nitrogens with one attached hydrogen (secondary N) is 4. The molecule has 11 nitrogen and oxygen atoms in total. The normalized spacial score (nSPS) is 10.9. The van der Waals surface area contributed by atoms with Crippen LogP contribution in [0.5, 0.6) is 0 Å². The average Bonchev–Trinajstić information content (AvgIpc) is 3.65. The summed E-state index contributed by atoms with van der Waals surface area (Å²) in [5.74, 6) is 1.03. The number of fused-ring (bicyclic) bond motifs is 6. The SMILES string of the molecule is C.C.C=Cc1[nH]c(=O)c2c(ccc3nc(Nc4c(Cl)cccc4Cl)n(C)c32)c1C.Cc1c(C=O)[nH]c(=O)c2c1ccc1nc(Nc3c(Cl)cccc3Cl)n(C)c12. The third kappa shape index (κ3) is 7.03. The van der Waals surface area contributed by atoms with Gasteiger partial charge in [0.15, 0.2) is 6.29 Å². The van der Waals surface area contributed by atoms with Gasteiger partial charge in [-0.15, -0.1) is 0 Å². The van der Waals surface area contributed by atoms with E-state index in [1.807, 2.05) is 36.7 Å². The zero-order valence-electron chi connectivity index (χ0n) is 29.2. The molecule has 0 amide bonds.